The van der Waals surface area contributed by atoms with Crippen molar-refractivity contribution >= 4 is 17.8 Å². The second kappa shape index (κ2) is 9.58. The number of aliphatic hydroxyl groups is 2. The molecule has 0 aromatic rings. The van der Waals surface area contributed by atoms with Crippen LogP contribution < -0.4 is 10.6 Å². The number of carbonyl (C=O) groups excluding carboxylic acids is 3. The van der Waals surface area contributed by atoms with Crippen LogP contribution in [0, 0.1) is 27.6 Å². The summed E-state index contributed by atoms with van der Waals surface area (Å²) in [5, 5.41) is 25.7. The van der Waals surface area contributed by atoms with Gasteiger partial charge in [0, 0.05) is 16.5 Å². The van der Waals surface area contributed by atoms with E-state index in [1.54, 1.807) is 6.08 Å². The van der Waals surface area contributed by atoms with Crippen molar-refractivity contribution in [1.82, 2.24) is 10.6 Å². The first-order chi connectivity index (χ1) is 19.1. The van der Waals surface area contributed by atoms with Crippen LogP contribution in [0.15, 0.2) is 46.3 Å². The highest BCUT2D eigenvalue weighted by Crippen LogP contribution is 2.75. The molecule has 7 atom stereocenters. The fourth-order valence-corrected chi connectivity index (χ4v) is 9.36. The summed E-state index contributed by atoms with van der Waals surface area (Å²) in [4.78, 5) is 37.6. The van der Waals surface area contributed by atoms with Gasteiger partial charge >= 0.3 is 12.0 Å². The lowest BCUT2D eigenvalue weighted by Gasteiger charge is -2.70. The average molecular weight is 567 g/mol. The molecule has 5 aliphatic carbocycles. The summed E-state index contributed by atoms with van der Waals surface area (Å²) in [5.74, 6) is -0.811. The second-order valence-corrected chi connectivity index (χ2v) is 14.5. The summed E-state index contributed by atoms with van der Waals surface area (Å²) < 4.78 is 4.70. The Balaban J connectivity index is 1.47. The minimum atomic E-state index is -1.11. The smallest absolute Gasteiger partial charge is 0.330 e. The molecule has 0 heterocycles. The quantitative estimate of drug-likeness (QED) is 0.347. The largest absolute Gasteiger partial charge is 0.504 e. The fourth-order valence-electron chi connectivity index (χ4n) is 9.36. The van der Waals surface area contributed by atoms with Crippen molar-refractivity contribution in [3.63, 3.8) is 0 Å². The van der Waals surface area contributed by atoms with Crippen molar-refractivity contribution in [2.75, 3.05) is 13.7 Å². The maximum atomic E-state index is 13.0. The maximum Gasteiger partial charge on any atom is 0.330 e. The van der Waals surface area contributed by atoms with E-state index in [1.807, 2.05) is 6.92 Å². The standard InChI is InChI=1S/C33H46N2O6/c1-19-20-8-9-24-31(4,21(20)16-23(37)26(19)38)13-15-33(6)25-17-30(3,12-10-29(25,2)11-14-32(24,33)5)35-28(40)34-22(18-36)27(39)41-7/h8-9,16,22,25,36,38H,10-15,17-18H2,1-7H3,(H2,34,35,40)/t22-,25+,29+,30+,31-,32+,33-/m0/s1. The Labute approximate surface area is 243 Å². The van der Waals surface area contributed by atoms with Crippen LogP contribution in [0.1, 0.15) is 86.5 Å². The first-order valence-corrected chi connectivity index (χ1v) is 14.9. The van der Waals surface area contributed by atoms with Gasteiger partial charge in [-0.05, 0) is 98.2 Å². The molecule has 3 saturated carbocycles. The first kappa shape index (κ1) is 29.6. The van der Waals surface area contributed by atoms with Gasteiger partial charge in [0.15, 0.2) is 11.8 Å². The number of ether oxygens (including phenoxy) is 1. The summed E-state index contributed by atoms with van der Waals surface area (Å²) in [5.41, 5.74) is 3.26. The van der Waals surface area contributed by atoms with Gasteiger partial charge in [0.1, 0.15) is 0 Å². The molecule has 0 bridgehead atoms. The molecule has 0 aromatic heterocycles. The summed E-state index contributed by atoms with van der Waals surface area (Å²) in [7, 11) is 1.23. The molecule has 0 saturated heterocycles. The third-order valence-corrected chi connectivity index (χ3v) is 12.3. The number of carbonyl (C=O) groups is 3. The molecule has 41 heavy (non-hydrogen) atoms. The summed E-state index contributed by atoms with van der Waals surface area (Å²) in [6.07, 6.45) is 12.7. The summed E-state index contributed by atoms with van der Waals surface area (Å²) >= 11 is 0. The molecule has 0 unspecified atom stereocenters. The van der Waals surface area contributed by atoms with Gasteiger partial charge in [0.25, 0.3) is 0 Å². The zero-order chi connectivity index (χ0) is 30.2. The molecule has 3 fully saturated rings. The van der Waals surface area contributed by atoms with E-state index in [9.17, 15) is 24.6 Å². The van der Waals surface area contributed by atoms with Crippen molar-refractivity contribution in [3.05, 3.63) is 46.3 Å². The Morgan fingerprint density at radius 2 is 1.73 bits per heavy atom. The zero-order valence-corrected chi connectivity index (χ0v) is 25.6. The number of amides is 2. The fraction of sp³-hybridized carbons (Fsp3) is 0.667. The number of urea groups is 1. The van der Waals surface area contributed by atoms with E-state index < -0.39 is 30.2 Å². The van der Waals surface area contributed by atoms with Crippen LogP contribution in [0.4, 0.5) is 4.79 Å². The molecule has 5 rings (SSSR count). The molecule has 5 aliphatic rings. The van der Waals surface area contributed by atoms with E-state index in [4.69, 9.17) is 4.74 Å². The van der Waals surface area contributed by atoms with Gasteiger partial charge in [-0.3, -0.25) is 4.79 Å². The van der Waals surface area contributed by atoms with Crippen LogP contribution in [0.2, 0.25) is 0 Å². The highest BCUT2D eigenvalue weighted by Gasteiger charge is 2.66. The van der Waals surface area contributed by atoms with Gasteiger partial charge in [-0.1, -0.05) is 45.4 Å². The number of ketones is 1. The Morgan fingerprint density at radius 3 is 2.39 bits per heavy atom. The van der Waals surface area contributed by atoms with Gasteiger partial charge in [0.05, 0.1) is 13.7 Å². The number of hydrogen-bond donors (Lipinski definition) is 4. The second-order valence-electron chi connectivity index (χ2n) is 14.5. The molecule has 224 valence electrons. The van der Waals surface area contributed by atoms with Gasteiger partial charge < -0.3 is 25.6 Å². The molecule has 0 aliphatic heterocycles. The van der Waals surface area contributed by atoms with Crippen LogP contribution in [0.25, 0.3) is 0 Å². The normalized spacial score (nSPS) is 40.4. The van der Waals surface area contributed by atoms with Gasteiger partial charge in [0.2, 0.25) is 5.78 Å². The van der Waals surface area contributed by atoms with E-state index in [1.165, 1.54) is 12.7 Å². The van der Waals surface area contributed by atoms with E-state index in [2.05, 4.69) is 57.4 Å². The molecule has 0 radical (unpaired) electrons. The van der Waals surface area contributed by atoms with E-state index in [0.29, 0.717) is 11.5 Å². The number of esters is 1. The molecular weight excluding hydrogens is 520 g/mol. The van der Waals surface area contributed by atoms with Crippen LogP contribution >= 0.6 is 0 Å². The van der Waals surface area contributed by atoms with Crippen molar-refractivity contribution in [2.24, 2.45) is 27.6 Å². The van der Waals surface area contributed by atoms with Gasteiger partial charge in [-0.15, -0.1) is 0 Å². The molecule has 0 aromatic carbocycles. The SMILES string of the molecule is COC(=O)[C@H](CO)NC(=O)N[C@]1(C)CC[C@]2(C)CC[C@]3(C)C4=CC=C5C(=CC(=O)C(O)=C5C)[C@]4(C)CC[C@@]3(C)[C@@H]2C1. The predicted octanol–water partition coefficient (Wildman–Crippen LogP) is 5.20. The Hall–Kier alpha value is -2.87. The Morgan fingerprint density at radius 1 is 1.05 bits per heavy atom. The van der Waals surface area contributed by atoms with Crippen LogP contribution in [-0.2, 0) is 14.3 Å². The van der Waals surface area contributed by atoms with Crippen molar-refractivity contribution in [1.29, 1.82) is 0 Å². The van der Waals surface area contributed by atoms with Crippen molar-refractivity contribution < 1.29 is 29.3 Å². The highest BCUT2D eigenvalue weighted by molar-refractivity contribution is 6.06. The Kier molecular flexibility index (Phi) is 6.92. The third kappa shape index (κ3) is 4.23. The minimum Gasteiger partial charge on any atom is -0.504 e. The number of fused-ring (bicyclic) bond motifs is 7. The molecule has 8 nitrogen and oxygen atoms in total. The summed E-state index contributed by atoms with van der Waals surface area (Å²) in [6.45, 7) is 12.9. The molecular formula is C33H46N2O6. The van der Waals surface area contributed by atoms with E-state index in [-0.39, 0.29) is 33.2 Å². The van der Waals surface area contributed by atoms with E-state index in [0.717, 1.165) is 56.1 Å². The van der Waals surface area contributed by atoms with Gasteiger partial charge in [-0.25, -0.2) is 9.59 Å². The number of methoxy groups -OCH3 is 1. The molecule has 4 N–H and O–H groups in total. The first-order valence-electron chi connectivity index (χ1n) is 14.9. The predicted molar refractivity (Wildman–Crippen MR) is 156 cm³/mol. The number of hydrogen-bond acceptors (Lipinski definition) is 6. The number of rotatable bonds is 4. The number of nitrogens with one attached hydrogen (secondary N) is 2. The monoisotopic (exact) mass is 566 g/mol. The topological polar surface area (TPSA) is 125 Å². The summed E-state index contributed by atoms with van der Waals surface area (Å²) in [6, 6.07) is -1.59. The van der Waals surface area contributed by atoms with Crippen LogP contribution in [0.5, 0.6) is 0 Å². The van der Waals surface area contributed by atoms with Crippen molar-refractivity contribution in [3.8, 4) is 0 Å². The molecule has 8 heteroatoms. The molecule has 2 amide bonds. The molecule has 0 spiro atoms. The van der Waals surface area contributed by atoms with Crippen molar-refractivity contribution in [2.45, 2.75) is 98.1 Å². The lowest BCUT2D eigenvalue weighted by Crippen LogP contribution is -2.65. The third-order valence-electron chi connectivity index (χ3n) is 12.3. The van der Waals surface area contributed by atoms with Gasteiger partial charge in [-0.2, -0.15) is 0 Å². The maximum absolute atomic E-state index is 13.0. The lowest BCUT2D eigenvalue weighted by atomic mass is 9.35. The zero-order valence-electron chi connectivity index (χ0n) is 25.6. The lowest BCUT2D eigenvalue weighted by molar-refractivity contribution is -0.152. The highest BCUT2D eigenvalue weighted by atomic mass is 16.5. The number of aliphatic hydroxyl groups excluding tert-OH is 2. The average Bonchev–Trinajstić information content (AvgIpc) is 2.93. The number of allylic oxidation sites excluding steroid dienone is 7. The van der Waals surface area contributed by atoms with Crippen LogP contribution in [-0.4, -0.2) is 53.3 Å². The Bertz CT molecular complexity index is 1330. The van der Waals surface area contributed by atoms with E-state index >= 15 is 0 Å². The minimum absolute atomic E-state index is 0.0393. The van der Waals surface area contributed by atoms with Crippen LogP contribution in [0.3, 0.4) is 0 Å².